The van der Waals surface area contributed by atoms with Crippen molar-refractivity contribution in [1.29, 1.82) is 0 Å². The Kier molecular flexibility index (Phi) is 4.74. The van der Waals surface area contributed by atoms with E-state index in [4.69, 9.17) is 10.5 Å². The highest BCUT2D eigenvalue weighted by Crippen LogP contribution is 2.35. The van der Waals surface area contributed by atoms with Crippen molar-refractivity contribution < 1.29 is 14.3 Å². The second-order valence-electron chi connectivity index (χ2n) is 5.03. The van der Waals surface area contributed by atoms with Gasteiger partial charge in [-0.15, -0.1) is 0 Å². The Balaban J connectivity index is 2.15. The van der Waals surface area contributed by atoms with E-state index in [0.717, 1.165) is 5.56 Å². The maximum Gasteiger partial charge on any atom is 0.230 e. The maximum atomic E-state index is 12.6. The molecule has 1 aliphatic rings. The summed E-state index contributed by atoms with van der Waals surface area (Å²) >= 11 is 0. The summed E-state index contributed by atoms with van der Waals surface area (Å²) in [7, 11) is 0. The van der Waals surface area contributed by atoms with Crippen LogP contribution in [0.2, 0.25) is 0 Å². The largest absolute Gasteiger partial charge is 0.381 e. The van der Waals surface area contributed by atoms with E-state index in [2.05, 4.69) is 5.32 Å². The lowest BCUT2D eigenvalue weighted by Gasteiger charge is -2.36. The SMILES string of the molecule is NC(=O)CCNC(=O)C1(c2ccccc2)CCOCC1. The van der Waals surface area contributed by atoms with Gasteiger partial charge in [0, 0.05) is 26.2 Å². The van der Waals surface area contributed by atoms with Crippen LogP contribution in [0.25, 0.3) is 0 Å². The van der Waals surface area contributed by atoms with Gasteiger partial charge in [0.2, 0.25) is 11.8 Å². The first-order valence-corrected chi connectivity index (χ1v) is 6.85. The summed E-state index contributed by atoms with van der Waals surface area (Å²) in [6, 6.07) is 9.74. The van der Waals surface area contributed by atoms with Crippen molar-refractivity contribution >= 4 is 11.8 Å². The van der Waals surface area contributed by atoms with E-state index < -0.39 is 11.3 Å². The van der Waals surface area contributed by atoms with Crippen LogP contribution >= 0.6 is 0 Å². The van der Waals surface area contributed by atoms with E-state index in [1.165, 1.54) is 0 Å². The molecule has 0 aromatic heterocycles. The van der Waals surface area contributed by atoms with Crippen LogP contribution in [0.15, 0.2) is 30.3 Å². The van der Waals surface area contributed by atoms with E-state index in [1.807, 2.05) is 30.3 Å². The molecule has 5 heteroatoms. The van der Waals surface area contributed by atoms with Gasteiger partial charge in [0.15, 0.2) is 0 Å². The Bertz CT molecular complexity index is 467. The van der Waals surface area contributed by atoms with Crippen LogP contribution in [-0.4, -0.2) is 31.6 Å². The zero-order valence-electron chi connectivity index (χ0n) is 11.4. The normalized spacial score (nSPS) is 17.4. The van der Waals surface area contributed by atoms with Crippen molar-refractivity contribution in [3.63, 3.8) is 0 Å². The lowest BCUT2D eigenvalue weighted by atomic mass is 9.73. The molecule has 2 rings (SSSR count). The summed E-state index contributed by atoms with van der Waals surface area (Å²) < 4.78 is 5.38. The van der Waals surface area contributed by atoms with Gasteiger partial charge in [-0.2, -0.15) is 0 Å². The van der Waals surface area contributed by atoms with Gasteiger partial charge < -0.3 is 15.8 Å². The molecule has 1 aromatic rings. The van der Waals surface area contributed by atoms with Crippen LogP contribution < -0.4 is 11.1 Å². The summed E-state index contributed by atoms with van der Waals surface area (Å²) in [5.74, 6) is -0.459. The number of nitrogens with one attached hydrogen (secondary N) is 1. The zero-order chi connectivity index (χ0) is 14.4. The number of carbonyl (C=O) groups excluding carboxylic acids is 2. The number of hydrogen-bond donors (Lipinski definition) is 2. The Morgan fingerprint density at radius 2 is 1.85 bits per heavy atom. The van der Waals surface area contributed by atoms with Gasteiger partial charge in [-0.1, -0.05) is 30.3 Å². The van der Waals surface area contributed by atoms with Crippen molar-refractivity contribution in [3.8, 4) is 0 Å². The molecule has 20 heavy (non-hydrogen) atoms. The third-order valence-electron chi connectivity index (χ3n) is 3.76. The van der Waals surface area contributed by atoms with Gasteiger partial charge in [-0.05, 0) is 18.4 Å². The van der Waals surface area contributed by atoms with Crippen molar-refractivity contribution in [1.82, 2.24) is 5.32 Å². The summed E-state index contributed by atoms with van der Waals surface area (Å²) in [6.45, 7) is 1.42. The van der Waals surface area contributed by atoms with Crippen molar-refractivity contribution in [2.45, 2.75) is 24.7 Å². The van der Waals surface area contributed by atoms with Crippen molar-refractivity contribution in [3.05, 3.63) is 35.9 Å². The molecule has 1 saturated heterocycles. The van der Waals surface area contributed by atoms with Gasteiger partial charge >= 0.3 is 0 Å². The lowest BCUT2D eigenvalue weighted by molar-refractivity contribution is -0.130. The molecule has 3 N–H and O–H groups in total. The van der Waals surface area contributed by atoms with E-state index in [9.17, 15) is 9.59 Å². The fraction of sp³-hybridized carbons (Fsp3) is 0.467. The van der Waals surface area contributed by atoms with Crippen molar-refractivity contribution in [2.24, 2.45) is 5.73 Å². The number of carbonyl (C=O) groups is 2. The number of ether oxygens (including phenoxy) is 1. The summed E-state index contributed by atoms with van der Waals surface area (Å²) in [4.78, 5) is 23.3. The fourth-order valence-corrected chi connectivity index (χ4v) is 2.59. The number of nitrogens with two attached hydrogens (primary N) is 1. The van der Waals surface area contributed by atoms with Gasteiger partial charge in [0.05, 0.1) is 5.41 Å². The molecular formula is C15H20N2O3. The molecule has 1 fully saturated rings. The Morgan fingerprint density at radius 1 is 1.20 bits per heavy atom. The number of hydrogen-bond acceptors (Lipinski definition) is 3. The average molecular weight is 276 g/mol. The van der Waals surface area contributed by atoms with Crippen molar-refractivity contribution in [2.75, 3.05) is 19.8 Å². The molecule has 5 nitrogen and oxygen atoms in total. The molecule has 1 heterocycles. The Hall–Kier alpha value is -1.88. The molecule has 0 saturated carbocycles. The third kappa shape index (κ3) is 3.17. The highest BCUT2D eigenvalue weighted by Gasteiger charge is 2.41. The molecule has 0 spiro atoms. The third-order valence-corrected chi connectivity index (χ3v) is 3.76. The minimum atomic E-state index is -0.558. The van der Waals surface area contributed by atoms with Crippen LogP contribution in [0, 0.1) is 0 Å². The monoisotopic (exact) mass is 276 g/mol. The summed E-state index contributed by atoms with van der Waals surface area (Å²) in [5, 5.41) is 2.83. The van der Waals surface area contributed by atoms with Crippen LogP contribution in [-0.2, 0) is 19.7 Å². The minimum absolute atomic E-state index is 0.0479. The molecule has 0 radical (unpaired) electrons. The number of amides is 2. The van der Waals surface area contributed by atoms with Crippen LogP contribution in [0.5, 0.6) is 0 Å². The fourth-order valence-electron chi connectivity index (χ4n) is 2.59. The molecule has 0 atom stereocenters. The standard InChI is InChI=1S/C15H20N2O3/c16-13(18)6-9-17-14(19)15(7-10-20-11-8-15)12-4-2-1-3-5-12/h1-5H,6-11H2,(H2,16,18)(H,17,19). The first kappa shape index (κ1) is 14.5. The van der Waals surface area contributed by atoms with Gasteiger partial charge in [0.1, 0.15) is 0 Å². The van der Waals surface area contributed by atoms with Crippen LogP contribution in [0.3, 0.4) is 0 Å². The number of primary amides is 1. The van der Waals surface area contributed by atoms with Crippen LogP contribution in [0.1, 0.15) is 24.8 Å². The first-order valence-electron chi connectivity index (χ1n) is 6.85. The number of rotatable bonds is 5. The van der Waals surface area contributed by atoms with Gasteiger partial charge in [-0.3, -0.25) is 9.59 Å². The topological polar surface area (TPSA) is 81.4 Å². The second kappa shape index (κ2) is 6.52. The van der Waals surface area contributed by atoms with E-state index in [0.29, 0.717) is 26.1 Å². The average Bonchev–Trinajstić information content (AvgIpc) is 2.48. The van der Waals surface area contributed by atoms with E-state index in [1.54, 1.807) is 0 Å². The molecule has 0 aliphatic carbocycles. The maximum absolute atomic E-state index is 12.6. The minimum Gasteiger partial charge on any atom is -0.381 e. The van der Waals surface area contributed by atoms with Crippen LogP contribution in [0.4, 0.5) is 0 Å². The molecule has 0 unspecified atom stereocenters. The summed E-state index contributed by atoms with van der Waals surface area (Å²) in [5.41, 5.74) is 5.53. The molecule has 2 amide bonds. The molecule has 1 aromatic carbocycles. The predicted octanol–water partition coefficient (Wildman–Crippen LogP) is 0.726. The highest BCUT2D eigenvalue weighted by molar-refractivity contribution is 5.88. The lowest BCUT2D eigenvalue weighted by Crippen LogP contribution is -2.48. The second-order valence-corrected chi connectivity index (χ2v) is 5.03. The Labute approximate surface area is 118 Å². The highest BCUT2D eigenvalue weighted by atomic mass is 16.5. The Morgan fingerprint density at radius 3 is 2.45 bits per heavy atom. The zero-order valence-corrected chi connectivity index (χ0v) is 11.4. The van der Waals surface area contributed by atoms with Gasteiger partial charge in [-0.25, -0.2) is 0 Å². The molecule has 0 bridgehead atoms. The quantitative estimate of drug-likeness (QED) is 0.831. The molecular weight excluding hydrogens is 256 g/mol. The number of benzene rings is 1. The molecule has 108 valence electrons. The van der Waals surface area contributed by atoms with E-state index in [-0.39, 0.29) is 18.9 Å². The van der Waals surface area contributed by atoms with Gasteiger partial charge in [0.25, 0.3) is 0 Å². The predicted molar refractivity (Wildman–Crippen MR) is 75.0 cm³/mol. The summed E-state index contributed by atoms with van der Waals surface area (Å²) in [6.07, 6.45) is 1.46. The molecule has 1 aliphatic heterocycles. The first-order chi connectivity index (χ1) is 9.65. The van der Waals surface area contributed by atoms with E-state index >= 15 is 0 Å². The smallest absolute Gasteiger partial charge is 0.230 e.